The first-order valence-corrected chi connectivity index (χ1v) is 12.1. The van der Waals surface area contributed by atoms with Crippen LogP contribution in [0.15, 0.2) is 66.7 Å². The zero-order valence-corrected chi connectivity index (χ0v) is 19.9. The van der Waals surface area contributed by atoms with E-state index in [-0.39, 0.29) is 0 Å². The number of aryl methyl sites for hydroxylation is 2. The highest BCUT2D eigenvalue weighted by Gasteiger charge is 2.22. The summed E-state index contributed by atoms with van der Waals surface area (Å²) < 4.78 is 5.79. The number of benzene rings is 3. The molecule has 0 spiro atoms. The number of nitrogens with zero attached hydrogens (tertiary/aromatic N) is 1. The molecule has 4 rings (SSSR count). The molecule has 4 heteroatoms. The van der Waals surface area contributed by atoms with Crippen LogP contribution in [0.4, 0.5) is 5.69 Å². The number of ether oxygens (including phenoxy) is 1. The number of fused-ring (bicyclic) bond motifs is 1. The number of nitrogens with one attached hydrogen (secondary N) is 1. The van der Waals surface area contributed by atoms with Crippen molar-refractivity contribution < 1.29 is 9.84 Å². The Kier molecular flexibility index (Phi) is 7.90. The van der Waals surface area contributed by atoms with Gasteiger partial charge in [0.2, 0.25) is 0 Å². The molecule has 174 valence electrons. The maximum Gasteiger partial charge on any atom is 0.119 e. The molecule has 1 unspecified atom stereocenters. The third-order valence-electron chi connectivity index (χ3n) is 6.51. The van der Waals surface area contributed by atoms with Crippen LogP contribution in [0.5, 0.6) is 11.5 Å². The molecule has 0 saturated heterocycles. The summed E-state index contributed by atoms with van der Waals surface area (Å²) in [6.07, 6.45) is 5.32. The topological polar surface area (TPSA) is 44.7 Å². The summed E-state index contributed by atoms with van der Waals surface area (Å²) in [7, 11) is 4.11. The second kappa shape index (κ2) is 11.2. The van der Waals surface area contributed by atoms with Gasteiger partial charge < -0.3 is 20.1 Å². The molecule has 0 bridgehead atoms. The van der Waals surface area contributed by atoms with Crippen molar-refractivity contribution in [2.75, 3.05) is 39.1 Å². The molecular formula is C29H36N2O2. The number of likely N-dealkylation sites (N-methyl/N-ethyl adjacent to an activating group) is 1. The third kappa shape index (κ3) is 6.52. The molecule has 3 aromatic rings. The average Bonchev–Trinajstić information content (AvgIpc) is 2.82. The SMILES string of the molecule is CN(C)CCOc1ccc(CCCNc2ccccc2C2CCc3cc(O)ccc3C2)cc1. The van der Waals surface area contributed by atoms with Crippen molar-refractivity contribution in [3.63, 3.8) is 0 Å². The largest absolute Gasteiger partial charge is 0.508 e. The Morgan fingerprint density at radius 1 is 1.00 bits per heavy atom. The van der Waals surface area contributed by atoms with Gasteiger partial charge in [-0.15, -0.1) is 0 Å². The molecule has 3 aromatic carbocycles. The summed E-state index contributed by atoms with van der Waals surface area (Å²) in [5.74, 6) is 1.84. The van der Waals surface area contributed by atoms with Crippen LogP contribution >= 0.6 is 0 Å². The molecule has 1 aliphatic carbocycles. The van der Waals surface area contributed by atoms with E-state index in [0.29, 0.717) is 18.3 Å². The highest BCUT2D eigenvalue weighted by molar-refractivity contribution is 5.54. The van der Waals surface area contributed by atoms with Crippen molar-refractivity contribution in [2.45, 2.75) is 38.0 Å². The monoisotopic (exact) mass is 444 g/mol. The van der Waals surface area contributed by atoms with Crippen molar-refractivity contribution in [1.82, 2.24) is 4.90 Å². The summed E-state index contributed by atoms with van der Waals surface area (Å²) in [5.41, 5.74) is 6.68. The lowest BCUT2D eigenvalue weighted by atomic mass is 9.79. The number of hydrogen-bond donors (Lipinski definition) is 2. The zero-order chi connectivity index (χ0) is 23.0. The molecule has 0 amide bonds. The fourth-order valence-corrected chi connectivity index (χ4v) is 4.63. The molecule has 2 N–H and O–H groups in total. The maximum atomic E-state index is 9.77. The van der Waals surface area contributed by atoms with Gasteiger partial charge in [0.25, 0.3) is 0 Å². The Hall–Kier alpha value is -2.98. The molecule has 33 heavy (non-hydrogen) atoms. The van der Waals surface area contributed by atoms with Gasteiger partial charge in [-0.1, -0.05) is 36.4 Å². The van der Waals surface area contributed by atoms with Crippen molar-refractivity contribution in [2.24, 2.45) is 0 Å². The lowest BCUT2D eigenvalue weighted by Crippen LogP contribution is -2.19. The van der Waals surface area contributed by atoms with Crippen LogP contribution in [-0.4, -0.2) is 43.8 Å². The second-order valence-electron chi connectivity index (χ2n) is 9.31. The maximum absolute atomic E-state index is 9.77. The van der Waals surface area contributed by atoms with E-state index in [4.69, 9.17) is 4.74 Å². The van der Waals surface area contributed by atoms with Gasteiger partial charge in [0.15, 0.2) is 0 Å². The van der Waals surface area contributed by atoms with E-state index in [2.05, 4.69) is 78.9 Å². The van der Waals surface area contributed by atoms with Gasteiger partial charge in [0.05, 0.1) is 0 Å². The van der Waals surface area contributed by atoms with Gasteiger partial charge in [-0.25, -0.2) is 0 Å². The minimum atomic E-state index is 0.376. The number of phenols is 1. The number of para-hydroxylation sites is 1. The molecule has 0 heterocycles. The van der Waals surface area contributed by atoms with Gasteiger partial charge in [-0.3, -0.25) is 0 Å². The Morgan fingerprint density at radius 2 is 1.82 bits per heavy atom. The molecular weight excluding hydrogens is 408 g/mol. The second-order valence-corrected chi connectivity index (χ2v) is 9.31. The fourth-order valence-electron chi connectivity index (χ4n) is 4.63. The summed E-state index contributed by atoms with van der Waals surface area (Å²) in [6.45, 7) is 2.59. The molecule has 0 fully saturated rings. The van der Waals surface area contributed by atoms with E-state index >= 15 is 0 Å². The number of anilines is 1. The number of phenolic OH excluding ortho intramolecular Hbond substituents is 1. The Labute approximate surface area is 198 Å². The highest BCUT2D eigenvalue weighted by atomic mass is 16.5. The Morgan fingerprint density at radius 3 is 2.64 bits per heavy atom. The predicted molar refractivity (Wildman–Crippen MR) is 137 cm³/mol. The molecule has 0 aromatic heterocycles. The van der Waals surface area contributed by atoms with Crippen molar-refractivity contribution in [3.8, 4) is 11.5 Å². The van der Waals surface area contributed by atoms with E-state index in [0.717, 1.165) is 50.9 Å². The number of hydrogen-bond acceptors (Lipinski definition) is 4. The minimum Gasteiger partial charge on any atom is -0.508 e. The normalized spacial score (nSPS) is 15.3. The summed E-state index contributed by atoms with van der Waals surface area (Å²) in [5, 5.41) is 13.5. The van der Waals surface area contributed by atoms with Crippen molar-refractivity contribution >= 4 is 5.69 Å². The van der Waals surface area contributed by atoms with Gasteiger partial charge in [-0.2, -0.15) is 0 Å². The van der Waals surface area contributed by atoms with Crippen LogP contribution in [0, 0.1) is 0 Å². The predicted octanol–water partition coefficient (Wildman–Crippen LogP) is 5.65. The number of aromatic hydroxyl groups is 1. The van der Waals surface area contributed by atoms with Crippen LogP contribution in [0.25, 0.3) is 0 Å². The van der Waals surface area contributed by atoms with Gasteiger partial charge in [-0.05, 0) is 105 Å². The van der Waals surface area contributed by atoms with Gasteiger partial charge >= 0.3 is 0 Å². The van der Waals surface area contributed by atoms with Crippen LogP contribution in [0.2, 0.25) is 0 Å². The smallest absolute Gasteiger partial charge is 0.119 e. The lowest BCUT2D eigenvalue weighted by Gasteiger charge is -2.27. The summed E-state index contributed by atoms with van der Waals surface area (Å²) >= 11 is 0. The van der Waals surface area contributed by atoms with Crippen LogP contribution in [-0.2, 0) is 19.3 Å². The molecule has 0 aliphatic heterocycles. The lowest BCUT2D eigenvalue weighted by molar-refractivity contribution is 0.261. The van der Waals surface area contributed by atoms with E-state index < -0.39 is 0 Å². The van der Waals surface area contributed by atoms with E-state index in [1.165, 1.54) is 27.9 Å². The first-order valence-electron chi connectivity index (χ1n) is 12.1. The highest BCUT2D eigenvalue weighted by Crippen LogP contribution is 2.37. The van der Waals surface area contributed by atoms with Crippen molar-refractivity contribution in [3.05, 3.63) is 89.0 Å². The zero-order valence-electron chi connectivity index (χ0n) is 19.9. The molecule has 1 aliphatic rings. The Bertz CT molecular complexity index is 1030. The number of rotatable bonds is 10. The van der Waals surface area contributed by atoms with Gasteiger partial charge in [0, 0.05) is 18.8 Å². The molecule has 1 atom stereocenters. The standard InChI is InChI=1S/C29H36N2O2/c1-31(2)18-19-33-27-15-9-22(10-16-27)6-5-17-30-29-8-4-3-7-28(29)25-12-11-24-21-26(32)14-13-23(24)20-25/h3-4,7-10,13-16,21,25,30,32H,5-6,11-12,17-20H2,1-2H3. The van der Waals surface area contributed by atoms with Crippen LogP contribution < -0.4 is 10.1 Å². The van der Waals surface area contributed by atoms with Crippen molar-refractivity contribution in [1.29, 1.82) is 0 Å². The van der Waals surface area contributed by atoms with E-state index in [9.17, 15) is 5.11 Å². The average molecular weight is 445 g/mol. The van der Waals surface area contributed by atoms with E-state index in [1.54, 1.807) is 0 Å². The summed E-state index contributed by atoms with van der Waals surface area (Å²) in [4.78, 5) is 2.12. The first-order chi connectivity index (χ1) is 16.1. The quantitative estimate of drug-likeness (QED) is 0.397. The van der Waals surface area contributed by atoms with Gasteiger partial charge in [0.1, 0.15) is 18.1 Å². The molecule has 0 saturated carbocycles. The first kappa shape index (κ1) is 23.2. The van der Waals surface area contributed by atoms with Crippen LogP contribution in [0.3, 0.4) is 0 Å². The molecule has 4 nitrogen and oxygen atoms in total. The van der Waals surface area contributed by atoms with E-state index in [1.807, 2.05) is 12.1 Å². The molecule has 0 radical (unpaired) electrons. The fraction of sp³-hybridized carbons (Fsp3) is 0.379. The third-order valence-corrected chi connectivity index (χ3v) is 6.51. The minimum absolute atomic E-state index is 0.376. The Balaban J connectivity index is 1.27. The summed E-state index contributed by atoms with van der Waals surface area (Å²) in [6, 6.07) is 23.1. The van der Waals surface area contributed by atoms with Crippen LogP contribution in [0.1, 0.15) is 41.0 Å².